The van der Waals surface area contributed by atoms with Gasteiger partial charge in [-0.1, -0.05) is 18.2 Å². The van der Waals surface area contributed by atoms with Gasteiger partial charge < -0.3 is 23.8 Å². The van der Waals surface area contributed by atoms with Gasteiger partial charge in [-0.2, -0.15) is 0 Å². The minimum atomic E-state index is -0.754. The Morgan fingerprint density at radius 1 is 1.11 bits per heavy atom. The molecule has 8 heteroatoms. The first-order chi connectivity index (χ1) is 13.6. The second-order valence-corrected chi connectivity index (χ2v) is 5.98. The van der Waals surface area contributed by atoms with Crippen LogP contribution in [0, 0.1) is 5.82 Å². The number of amides is 1. The Kier molecular flexibility index (Phi) is 6.31. The molecule has 1 heterocycles. The summed E-state index contributed by atoms with van der Waals surface area (Å²) >= 11 is 0. The number of carbonyl (C=O) groups is 2. The van der Waals surface area contributed by atoms with Crippen LogP contribution < -0.4 is 14.2 Å². The van der Waals surface area contributed by atoms with Crippen LogP contribution in [-0.4, -0.2) is 43.3 Å². The van der Waals surface area contributed by atoms with Gasteiger partial charge in [-0.25, -0.2) is 9.18 Å². The van der Waals surface area contributed by atoms with E-state index < -0.39 is 25.0 Å². The average molecular weight is 389 g/mol. The predicted molar refractivity (Wildman–Crippen MR) is 96.5 cm³/mol. The predicted octanol–water partition coefficient (Wildman–Crippen LogP) is 2.53. The minimum absolute atomic E-state index is 0.0521. The van der Waals surface area contributed by atoms with E-state index in [1.165, 1.54) is 18.2 Å². The number of hydrogen-bond donors (Lipinski definition) is 0. The van der Waals surface area contributed by atoms with E-state index in [0.29, 0.717) is 24.6 Å². The van der Waals surface area contributed by atoms with E-state index in [1.54, 1.807) is 17.0 Å². The second kappa shape index (κ2) is 9.07. The summed E-state index contributed by atoms with van der Waals surface area (Å²) in [6.45, 7) is 1.89. The fourth-order valence-corrected chi connectivity index (χ4v) is 2.61. The van der Waals surface area contributed by atoms with Crippen molar-refractivity contribution < 1.29 is 32.9 Å². The highest BCUT2D eigenvalue weighted by molar-refractivity contribution is 5.81. The summed E-state index contributed by atoms with van der Waals surface area (Å²) in [7, 11) is 0. The monoisotopic (exact) mass is 389 g/mol. The number of fused-ring (bicyclic) bond motifs is 1. The third-order valence-corrected chi connectivity index (χ3v) is 4.08. The van der Waals surface area contributed by atoms with E-state index in [0.717, 1.165) is 5.56 Å². The Hall–Kier alpha value is -3.29. The van der Waals surface area contributed by atoms with Gasteiger partial charge in [0, 0.05) is 13.1 Å². The van der Waals surface area contributed by atoms with E-state index in [2.05, 4.69) is 0 Å². The van der Waals surface area contributed by atoms with E-state index in [9.17, 15) is 14.0 Å². The lowest BCUT2D eigenvalue weighted by atomic mass is 10.2. The summed E-state index contributed by atoms with van der Waals surface area (Å²) in [6, 6.07) is 11.2. The maximum atomic E-state index is 13.4. The molecule has 0 aromatic heterocycles. The summed E-state index contributed by atoms with van der Waals surface area (Å²) in [4.78, 5) is 25.6. The molecule has 0 saturated carbocycles. The Labute approximate surface area is 161 Å². The van der Waals surface area contributed by atoms with Gasteiger partial charge in [0.05, 0.1) is 0 Å². The van der Waals surface area contributed by atoms with Gasteiger partial charge in [-0.15, -0.1) is 0 Å². The number of rotatable bonds is 8. The average Bonchev–Trinajstić information content (AvgIpc) is 3.17. The number of carbonyl (C=O) groups excluding carboxylic acids is 2. The van der Waals surface area contributed by atoms with Crippen molar-refractivity contribution in [3.8, 4) is 17.2 Å². The summed E-state index contributed by atoms with van der Waals surface area (Å²) in [5.41, 5.74) is 0.869. The van der Waals surface area contributed by atoms with Gasteiger partial charge >= 0.3 is 5.97 Å². The highest BCUT2D eigenvalue weighted by Gasteiger charge is 2.18. The van der Waals surface area contributed by atoms with Crippen molar-refractivity contribution in [1.29, 1.82) is 0 Å². The van der Waals surface area contributed by atoms with E-state index in [-0.39, 0.29) is 18.4 Å². The zero-order chi connectivity index (χ0) is 19.9. The molecule has 0 spiro atoms. The zero-order valence-electron chi connectivity index (χ0n) is 15.4. The largest absolute Gasteiger partial charge is 0.479 e. The molecule has 0 unspecified atom stereocenters. The summed E-state index contributed by atoms with van der Waals surface area (Å²) in [6.07, 6.45) is 0. The maximum absolute atomic E-state index is 13.4. The molecule has 1 amide bonds. The van der Waals surface area contributed by atoms with Crippen LogP contribution in [0.3, 0.4) is 0 Å². The van der Waals surface area contributed by atoms with Crippen LogP contribution in [0.15, 0.2) is 42.5 Å². The van der Waals surface area contributed by atoms with Crippen molar-refractivity contribution in [2.45, 2.75) is 13.5 Å². The van der Waals surface area contributed by atoms with Gasteiger partial charge in [0.25, 0.3) is 5.91 Å². The van der Waals surface area contributed by atoms with Crippen molar-refractivity contribution in [3.05, 3.63) is 53.8 Å². The molecule has 0 bridgehead atoms. The van der Waals surface area contributed by atoms with Crippen molar-refractivity contribution in [1.82, 2.24) is 4.90 Å². The van der Waals surface area contributed by atoms with Crippen LogP contribution in [-0.2, 0) is 20.9 Å². The molecular formula is C20H20FNO6. The van der Waals surface area contributed by atoms with Gasteiger partial charge in [0.15, 0.2) is 36.3 Å². The van der Waals surface area contributed by atoms with Gasteiger partial charge in [-0.05, 0) is 36.8 Å². The highest BCUT2D eigenvalue weighted by atomic mass is 19.1. The minimum Gasteiger partial charge on any atom is -0.479 e. The molecule has 0 radical (unpaired) electrons. The van der Waals surface area contributed by atoms with E-state index in [4.69, 9.17) is 18.9 Å². The van der Waals surface area contributed by atoms with Crippen LogP contribution in [0.4, 0.5) is 4.39 Å². The lowest BCUT2D eigenvalue weighted by molar-refractivity contribution is -0.153. The Bertz CT molecular complexity index is 856. The number of para-hydroxylation sites is 1. The topological polar surface area (TPSA) is 74.3 Å². The molecular weight excluding hydrogens is 369 g/mol. The van der Waals surface area contributed by atoms with Gasteiger partial charge in [0.2, 0.25) is 6.79 Å². The van der Waals surface area contributed by atoms with Gasteiger partial charge in [-0.3, -0.25) is 4.79 Å². The van der Waals surface area contributed by atoms with Crippen LogP contribution in [0.1, 0.15) is 12.5 Å². The quantitative estimate of drug-likeness (QED) is 0.646. The van der Waals surface area contributed by atoms with E-state index >= 15 is 0 Å². The first kappa shape index (κ1) is 19.5. The second-order valence-electron chi connectivity index (χ2n) is 5.98. The van der Waals surface area contributed by atoms with Crippen LogP contribution >= 0.6 is 0 Å². The Morgan fingerprint density at radius 2 is 1.89 bits per heavy atom. The molecule has 0 aliphatic carbocycles. The molecule has 0 N–H and O–H groups in total. The van der Waals surface area contributed by atoms with Crippen LogP contribution in [0.5, 0.6) is 17.2 Å². The SMILES string of the molecule is CCN(Cc1ccc2c(c1)OCO2)C(=O)COC(=O)COc1ccccc1F. The molecule has 1 aliphatic rings. The smallest absolute Gasteiger partial charge is 0.344 e. The number of halogens is 1. The molecule has 2 aromatic rings. The molecule has 0 atom stereocenters. The van der Waals surface area contributed by atoms with Crippen molar-refractivity contribution in [3.63, 3.8) is 0 Å². The molecule has 2 aromatic carbocycles. The third kappa shape index (κ3) is 4.91. The van der Waals surface area contributed by atoms with Crippen LogP contribution in [0.2, 0.25) is 0 Å². The highest BCUT2D eigenvalue weighted by Crippen LogP contribution is 2.32. The number of likely N-dealkylation sites (N-methyl/N-ethyl adjacent to an activating group) is 1. The van der Waals surface area contributed by atoms with Crippen molar-refractivity contribution in [2.75, 3.05) is 26.6 Å². The summed E-state index contributed by atoms with van der Waals surface area (Å²) in [5, 5.41) is 0. The number of hydrogen-bond acceptors (Lipinski definition) is 6. The zero-order valence-corrected chi connectivity index (χ0v) is 15.4. The molecule has 0 fully saturated rings. The summed E-state index contributed by atoms with van der Waals surface area (Å²) < 4.78 is 34.0. The standard InChI is InChI=1S/C20H20FNO6/c1-2-22(10-14-7-8-17-18(9-14)28-13-27-17)19(23)11-26-20(24)12-25-16-6-4-3-5-15(16)21/h3-9H,2,10-13H2,1H3. The first-order valence-corrected chi connectivity index (χ1v) is 8.76. The Morgan fingerprint density at radius 3 is 2.68 bits per heavy atom. The number of esters is 1. The van der Waals surface area contributed by atoms with Crippen molar-refractivity contribution >= 4 is 11.9 Å². The normalized spacial score (nSPS) is 11.8. The Balaban J connectivity index is 1.47. The fourth-order valence-electron chi connectivity index (χ4n) is 2.61. The lowest BCUT2D eigenvalue weighted by Gasteiger charge is -2.21. The van der Waals surface area contributed by atoms with E-state index in [1.807, 2.05) is 19.1 Å². The molecule has 7 nitrogen and oxygen atoms in total. The number of benzene rings is 2. The third-order valence-electron chi connectivity index (χ3n) is 4.08. The maximum Gasteiger partial charge on any atom is 0.344 e. The molecule has 3 rings (SSSR count). The molecule has 1 aliphatic heterocycles. The molecule has 148 valence electrons. The van der Waals surface area contributed by atoms with Crippen LogP contribution in [0.25, 0.3) is 0 Å². The molecule has 28 heavy (non-hydrogen) atoms. The lowest BCUT2D eigenvalue weighted by Crippen LogP contribution is -2.34. The number of ether oxygens (including phenoxy) is 4. The first-order valence-electron chi connectivity index (χ1n) is 8.76. The fraction of sp³-hybridized carbons (Fsp3) is 0.300. The summed E-state index contributed by atoms with van der Waals surface area (Å²) in [5.74, 6) is -0.425. The molecule has 0 saturated heterocycles. The van der Waals surface area contributed by atoms with Gasteiger partial charge in [0.1, 0.15) is 0 Å². The number of nitrogens with zero attached hydrogens (tertiary/aromatic N) is 1. The van der Waals surface area contributed by atoms with Crippen molar-refractivity contribution in [2.24, 2.45) is 0 Å².